The molecule has 0 aromatic carbocycles. The second-order valence-corrected chi connectivity index (χ2v) is 7.23. The van der Waals surface area contributed by atoms with Crippen molar-refractivity contribution in [1.29, 1.82) is 0 Å². The SMILES string of the molecule is C#CCNC1=C(C)C(=O)C2=C(C1=O)C(COC(N)=O)C1(O)C3C(CN21)N3C. The molecule has 4 aliphatic rings. The molecule has 4 N–H and O–H groups in total. The first-order valence-electron chi connectivity index (χ1n) is 8.61. The predicted molar refractivity (Wildman–Crippen MR) is 92.6 cm³/mol. The summed E-state index contributed by atoms with van der Waals surface area (Å²) in [6.45, 7) is 1.76. The van der Waals surface area contributed by atoms with E-state index in [9.17, 15) is 19.5 Å². The monoisotopic (exact) mass is 372 g/mol. The fourth-order valence-electron chi connectivity index (χ4n) is 4.73. The largest absolute Gasteiger partial charge is 0.449 e. The van der Waals surface area contributed by atoms with E-state index >= 15 is 0 Å². The fourth-order valence-corrected chi connectivity index (χ4v) is 4.73. The van der Waals surface area contributed by atoms with E-state index in [1.807, 2.05) is 11.9 Å². The lowest BCUT2D eigenvalue weighted by Gasteiger charge is -2.37. The van der Waals surface area contributed by atoms with Crippen molar-refractivity contribution in [2.45, 2.75) is 24.7 Å². The highest BCUT2D eigenvalue weighted by Crippen LogP contribution is 2.57. The van der Waals surface area contributed by atoms with Gasteiger partial charge in [-0.25, -0.2) is 4.79 Å². The number of aliphatic hydroxyl groups is 1. The zero-order valence-electron chi connectivity index (χ0n) is 15.0. The normalized spacial score (nSPS) is 36.3. The topological polar surface area (TPSA) is 125 Å². The van der Waals surface area contributed by atoms with Gasteiger partial charge in [-0.05, 0) is 14.0 Å². The van der Waals surface area contributed by atoms with Crippen LogP contribution in [0.3, 0.4) is 0 Å². The second kappa shape index (κ2) is 5.58. The first-order chi connectivity index (χ1) is 12.7. The van der Waals surface area contributed by atoms with Crippen molar-refractivity contribution in [3.8, 4) is 12.3 Å². The summed E-state index contributed by atoms with van der Waals surface area (Å²) >= 11 is 0. The first-order valence-corrected chi connectivity index (χ1v) is 8.61. The molecule has 2 fully saturated rings. The van der Waals surface area contributed by atoms with Gasteiger partial charge in [-0.1, -0.05) is 5.92 Å². The van der Waals surface area contributed by atoms with E-state index < -0.39 is 23.5 Å². The van der Waals surface area contributed by atoms with Crippen LogP contribution in [-0.2, 0) is 14.3 Å². The zero-order valence-corrected chi connectivity index (χ0v) is 15.0. The van der Waals surface area contributed by atoms with E-state index in [2.05, 4.69) is 11.2 Å². The number of hydrogen-bond acceptors (Lipinski definition) is 8. The van der Waals surface area contributed by atoms with Crippen molar-refractivity contribution in [2.24, 2.45) is 11.7 Å². The van der Waals surface area contributed by atoms with Crippen LogP contribution in [0, 0.1) is 18.3 Å². The average molecular weight is 372 g/mol. The maximum atomic E-state index is 13.2. The number of piperazine rings is 1. The molecule has 9 nitrogen and oxygen atoms in total. The summed E-state index contributed by atoms with van der Waals surface area (Å²) in [6.07, 6.45) is 4.24. The maximum absolute atomic E-state index is 13.2. The summed E-state index contributed by atoms with van der Waals surface area (Å²) < 4.78 is 4.94. The van der Waals surface area contributed by atoms with Gasteiger partial charge in [0, 0.05) is 23.7 Å². The molecule has 9 heteroatoms. The number of amides is 1. The maximum Gasteiger partial charge on any atom is 0.404 e. The molecule has 0 aromatic heterocycles. The van der Waals surface area contributed by atoms with Crippen LogP contribution in [0.25, 0.3) is 0 Å². The Bertz CT molecular complexity index is 885. The molecule has 0 spiro atoms. The average Bonchev–Trinajstić information content (AvgIpc) is 3.02. The molecular formula is C18H20N4O5. The Kier molecular flexibility index (Phi) is 3.63. The van der Waals surface area contributed by atoms with Crippen LogP contribution in [0.2, 0.25) is 0 Å². The number of carbonyl (C=O) groups is 3. The number of nitrogens with two attached hydrogens (primary N) is 1. The number of rotatable bonds is 4. The summed E-state index contributed by atoms with van der Waals surface area (Å²) in [5.74, 6) is 0.731. The molecule has 1 aliphatic carbocycles. The Morgan fingerprint density at radius 3 is 2.81 bits per heavy atom. The quantitative estimate of drug-likeness (QED) is 0.303. The molecule has 0 aromatic rings. The van der Waals surface area contributed by atoms with Gasteiger partial charge in [0.05, 0.1) is 29.9 Å². The lowest BCUT2D eigenvalue weighted by atomic mass is 9.82. The Labute approximate surface area is 155 Å². The third-order valence-electron chi connectivity index (χ3n) is 6.02. The molecule has 3 aliphatic heterocycles. The van der Waals surface area contributed by atoms with E-state index in [0.717, 1.165) is 0 Å². The summed E-state index contributed by atoms with van der Waals surface area (Å²) in [4.78, 5) is 40.9. The van der Waals surface area contributed by atoms with Crippen LogP contribution < -0.4 is 11.1 Å². The molecule has 5 unspecified atom stereocenters. The Hall–Kier alpha value is -2.83. The van der Waals surface area contributed by atoms with Crippen molar-refractivity contribution in [1.82, 2.24) is 15.1 Å². The molecule has 4 rings (SSSR count). The lowest BCUT2D eigenvalue weighted by Crippen LogP contribution is -2.53. The molecule has 3 heterocycles. The van der Waals surface area contributed by atoms with Crippen LogP contribution in [0.15, 0.2) is 22.5 Å². The second-order valence-electron chi connectivity index (χ2n) is 7.23. The number of Topliss-reactive ketones (excluding diaryl/α,β-unsaturated/α-hetero) is 2. The van der Waals surface area contributed by atoms with Gasteiger partial charge >= 0.3 is 6.09 Å². The molecule has 0 saturated carbocycles. The summed E-state index contributed by atoms with van der Waals surface area (Å²) in [5.41, 5.74) is 4.28. The zero-order chi connectivity index (χ0) is 19.7. The van der Waals surface area contributed by atoms with E-state index in [-0.39, 0.29) is 53.6 Å². The molecule has 27 heavy (non-hydrogen) atoms. The number of primary amides is 1. The first kappa shape index (κ1) is 17.6. The van der Waals surface area contributed by atoms with Crippen LogP contribution >= 0.6 is 0 Å². The van der Waals surface area contributed by atoms with Crippen LogP contribution in [-0.4, -0.2) is 77.1 Å². The highest BCUT2D eigenvalue weighted by Gasteiger charge is 2.74. The number of nitrogens with zero attached hydrogens (tertiary/aromatic N) is 2. The Morgan fingerprint density at radius 1 is 1.48 bits per heavy atom. The molecule has 5 atom stereocenters. The third-order valence-corrected chi connectivity index (χ3v) is 6.02. The number of nitrogens with one attached hydrogen (secondary N) is 1. The summed E-state index contributed by atoms with van der Waals surface area (Å²) in [6, 6.07) is -0.180. The summed E-state index contributed by atoms with van der Waals surface area (Å²) in [7, 11) is 1.86. The number of hydrogen-bond donors (Lipinski definition) is 3. The van der Waals surface area contributed by atoms with Gasteiger partial charge in [0.2, 0.25) is 11.6 Å². The van der Waals surface area contributed by atoms with Crippen molar-refractivity contribution >= 4 is 17.7 Å². The third kappa shape index (κ3) is 2.11. The minimum Gasteiger partial charge on any atom is -0.449 e. The van der Waals surface area contributed by atoms with Crippen molar-refractivity contribution < 1.29 is 24.2 Å². The minimum atomic E-state index is -1.51. The van der Waals surface area contributed by atoms with Gasteiger partial charge in [-0.2, -0.15) is 0 Å². The van der Waals surface area contributed by atoms with Crippen molar-refractivity contribution in [3.05, 3.63) is 22.5 Å². The van der Waals surface area contributed by atoms with Crippen LogP contribution in [0.5, 0.6) is 0 Å². The van der Waals surface area contributed by atoms with Gasteiger partial charge in [0.15, 0.2) is 5.72 Å². The number of likely N-dealkylation sites (N-methyl/N-ethyl adjacent to an activating group) is 1. The van der Waals surface area contributed by atoms with Gasteiger partial charge in [-0.15, -0.1) is 6.42 Å². The van der Waals surface area contributed by atoms with Gasteiger partial charge < -0.3 is 25.8 Å². The van der Waals surface area contributed by atoms with E-state index in [0.29, 0.717) is 6.54 Å². The molecule has 0 bridgehead atoms. The molecule has 2 saturated heterocycles. The standard InChI is InChI=1S/C18H20N4O5/c1-4-5-20-12-8(2)14(23)13-11(15(12)24)9(7-27-17(19)25)18(26)16-10(21(16)3)6-22(13)18/h1,9-10,16,20,26H,5-7H2,2-3H3,(H2,19,25). The van der Waals surface area contributed by atoms with Crippen molar-refractivity contribution in [2.75, 3.05) is 26.7 Å². The highest BCUT2D eigenvalue weighted by molar-refractivity contribution is 6.25. The Morgan fingerprint density at radius 2 is 2.19 bits per heavy atom. The molecule has 0 radical (unpaired) electrons. The van der Waals surface area contributed by atoms with Gasteiger partial charge in [-0.3, -0.25) is 14.5 Å². The van der Waals surface area contributed by atoms with E-state index in [4.69, 9.17) is 16.9 Å². The molecule has 1 amide bonds. The van der Waals surface area contributed by atoms with Crippen LogP contribution in [0.4, 0.5) is 4.79 Å². The van der Waals surface area contributed by atoms with Gasteiger partial charge in [0.1, 0.15) is 6.61 Å². The predicted octanol–water partition coefficient (Wildman–Crippen LogP) is -1.70. The summed E-state index contributed by atoms with van der Waals surface area (Å²) in [5, 5.41) is 14.3. The fraction of sp³-hybridized carbons (Fsp3) is 0.500. The highest BCUT2D eigenvalue weighted by atomic mass is 16.5. The number of ether oxygens (including phenoxy) is 1. The van der Waals surface area contributed by atoms with Crippen LogP contribution in [0.1, 0.15) is 6.92 Å². The Balaban J connectivity index is 1.78. The van der Waals surface area contributed by atoms with Crippen molar-refractivity contribution in [3.63, 3.8) is 0 Å². The number of fused-ring (bicyclic) bond motifs is 4. The number of terminal acetylenes is 1. The molecule has 142 valence electrons. The number of carbonyl (C=O) groups excluding carboxylic acids is 3. The number of allylic oxidation sites excluding steroid dienone is 2. The van der Waals surface area contributed by atoms with Gasteiger partial charge in [0.25, 0.3) is 0 Å². The molecular weight excluding hydrogens is 352 g/mol. The smallest absolute Gasteiger partial charge is 0.404 e. The number of ketones is 2. The minimum absolute atomic E-state index is 0.0771. The van der Waals surface area contributed by atoms with E-state index in [1.165, 1.54) is 0 Å². The lowest BCUT2D eigenvalue weighted by molar-refractivity contribution is -0.126. The van der Waals surface area contributed by atoms with E-state index in [1.54, 1.807) is 11.8 Å².